The SMILES string of the molecule is COc1ccccc1[C@H](C)NC(=O)CCNC1CC1. The Hall–Kier alpha value is -1.55. The van der Waals surface area contributed by atoms with E-state index in [9.17, 15) is 4.79 Å². The Bertz CT molecular complexity index is 430. The number of hydrogen-bond donors (Lipinski definition) is 2. The van der Waals surface area contributed by atoms with Crippen LogP contribution in [0.25, 0.3) is 0 Å². The van der Waals surface area contributed by atoms with Crippen LogP contribution in [0.4, 0.5) is 0 Å². The van der Waals surface area contributed by atoms with Crippen molar-refractivity contribution in [2.24, 2.45) is 0 Å². The molecule has 1 aliphatic carbocycles. The van der Waals surface area contributed by atoms with Crippen LogP contribution < -0.4 is 15.4 Å². The molecule has 1 atom stereocenters. The normalized spacial score (nSPS) is 15.9. The average Bonchev–Trinajstić information content (AvgIpc) is 3.22. The standard InChI is InChI=1S/C15H22N2O2/c1-11(13-5-3-4-6-14(13)19-2)17-15(18)9-10-16-12-7-8-12/h3-6,11-12,16H,7-10H2,1-2H3,(H,17,18)/t11-/m0/s1. The van der Waals surface area contributed by atoms with Crippen LogP contribution >= 0.6 is 0 Å². The molecule has 104 valence electrons. The van der Waals surface area contributed by atoms with Gasteiger partial charge in [-0.25, -0.2) is 0 Å². The van der Waals surface area contributed by atoms with E-state index < -0.39 is 0 Å². The van der Waals surface area contributed by atoms with Gasteiger partial charge in [-0.15, -0.1) is 0 Å². The molecule has 0 aromatic heterocycles. The van der Waals surface area contributed by atoms with Gasteiger partial charge < -0.3 is 15.4 Å². The van der Waals surface area contributed by atoms with Crippen molar-refractivity contribution in [2.45, 2.75) is 38.3 Å². The van der Waals surface area contributed by atoms with Crippen molar-refractivity contribution in [2.75, 3.05) is 13.7 Å². The quantitative estimate of drug-likeness (QED) is 0.790. The van der Waals surface area contributed by atoms with E-state index in [1.54, 1.807) is 7.11 Å². The van der Waals surface area contributed by atoms with E-state index in [4.69, 9.17) is 4.74 Å². The Kier molecular flexibility index (Phi) is 4.80. The summed E-state index contributed by atoms with van der Waals surface area (Å²) in [7, 11) is 1.65. The predicted molar refractivity (Wildman–Crippen MR) is 75.2 cm³/mol. The van der Waals surface area contributed by atoms with Gasteiger partial charge in [0, 0.05) is 24.6 Å². The Morgan fingerprint density at radius 3 is 2.84 bits per heavy atom. The maximum Gasteiger partial charge on any atom is 0.221 e. The molecular formula is C15H22N2O2. The van der Waals surface area contributed by atoms with Gasteiger partial charge in [-0.1, -0.05) is 18.2 Å². The zero-order valence-electron chi connectivity index (χ0n) is 11.6. The summed E-state index contributed by atoms with van der Waals surface area (Å²) < 4.78 is 5.31. The van der Waals surface area contributed by atoms with Gasteiger partial charge in [0.1, 0.15) is 5.75 Å². The summed E-state index contributed by atoms with van der Waals surface area (Å²) in [6.45, 7) is 2.74. The minimum atomic E-state index is -0.0374. The summed E-state index contributed by atoms with van der Waals surface area (Å²) in [4.78, 5) is 11.8. The molecule has 0 saturated heterocycles. The van der Waals surface area contributed by atoms with E-state index in [0.29, 0.717) is 12.5 Å². The number of rotatable bonds is 7. The highest BCUT2D eigenvalue weighted by atomic mass is 16.5. The van der Waals surface area contributed by atoms with Crippen LogP contribution in [-0.2, 0) is 4.79 Å². The fraction of sp³-hybridized carbons (Fsp3) is 0.533. The number of para-hydroxylation sites is 1. The molecule has 0 spiro atoms. The van der Waals surface area contributed by atoms with Crippen molar-refractivity contribution >= 4 is 5.91 Å². The third-order valence-corrected chi connectivity index (χ3v) is 3.35. The lowest BCUT2D eigenvalue weighted by atomic mass is 10.1. The highest BCUT2D eigenvalue weighted by Crippen LogP contribution is 2.24. The molecule has 0 unspecified atom stereocenters. The second-order valence-electron chi connectivity index (χ2n) is 5.01. The first-order chi connectivity index (χ1) is 9.20. The number of nitrogens with one attached hydrogen (secondary N) is 2. The van der Waals surface area contributed by atoms with Crippen LogP contribution in [0.2, 0.25) is 0 Å². The van der Waals surface area contributed by atoms with E-state index in [1.165, 1.54) is 12.8 Å². The van der Waals surface area contributed by atoms with Gasteiger partial charge in [-0.05, 0) is 25.8 Å². The van der Waals surface area contributed by atoms with E-state index >= 15 is 0 Å². The van der Waals surface area contributed by atoms with E-state index in [1.807, 2.05) is 31.2 Å². The minimum Gasteiger partial charge on any atom is -0.496 e. The first kappa shape index (κ1) is 13.9. The first-order valence-electron chi connectivity index (χ1n) is 6.86. The van der Waals surface area contributed by atoms with Gasteiger partial charge in [0.25, 0.3) is 0 Å². The lowest BCUT2D eigenvalue weighted by Crippen LogP contribution is -2.30. The Balaban J connectivity index is 1.81. The predicted octanol–water partition coefficient (Wildman–Crippen LogP) is 2.01. The fourth-order valence-electron chi connectivity index (χ4n) is 2.09. The molecule has 2 N–H and O–H groups in total. The van der Waals surface area contributed by atoms with Crippen molar-refractivity contribution in [3.05, 3.63) is 29.8 Å². The molecule has 2 rings (SSSR count). The van der Waals surface area contributed by atoms with Crippen LogP contribution in [0.1, 0.15) is 37.8 Å². The smallest absolute Gasteiger partial charge is 0.221 e. The molecule has 0 heterocycles. The molecule has 0 aliphatic heterocycles. The molecule has 1 aromatic carbocycles. The molecular weight excluding hydrogens is 240 g/mol. The molecule has 1 amide bonds. The van der Waals surface area contributed by atoms with Crippen molar-refractivity contribution < 1.29 is 9.53 Å². The minimum absolute atomic E-state index is 0.0374. The largest absolute Gasteiger partial charge is 0.496 e. The number of amides is 1. The number of methoxy groups -OCH3 is 1. The average molecular weight is 262 g/mol. The van der Waals surface area contributed by atoms with Gasteiger partial charge in [0.15, 0.2) is 0 Å². The van der Waals surface area contributed by atoms with Gasteiger partial charge in [-0.3, -0.25) is 4.79 Å². The summed E-state index contributed by atoms with van der Waals surface area (Å²) in [5, 5.41) is 6.34. The lowest BCUT2D eigenvalue weighted by molar-refractivity contribution is -0.121. The number of benzene rings is 1. The van der Waals surface area contributed by atoms with E-state index in [2.05, 4.69) is 10.6 Å². The van der Waals surface area contributed by atoms with Crippen molar-refractivity contribution in [3.63, 3.8) is 0 Å². The summed E-state index contributed by atoms with van der Waals surface area (Å²) in [6.07, 6.45) is 3.02. The second-order valence-corrected chi connectivity index (χ2v) is 5.01. The Labute approximate surface area is 114 Å². The lowest BCUT2D eigenvalue weighted by Gasteiger charge is -2.17. The van der Waals surface area contributed by atoms with E-state index in [-0.39, 0.29) is 11.9 Å². The zero-order chi connectivity index (χ0) is 13.7. The molecule has 1 saturated carbocycles. The molecule has 0 radical (unpaired) electrons. The summed E-state index contributed by atoms with van der Waals surface area (Å²) in [5.74, 6) is 0.887. The summed E-state index contributed by atoms with van der Waals surface area (Å²) >= 11 is 0. The van der Waals surface area contributed by atoms with Gasteiger partial charge in [-0.2, -0.15) is 0 Å². The molecule has 4 nitrogen and oxygen atoms in total. The maximum atomic E-state index is 11.8. The third-order valence-electron chi connectivity index (χ3n) is 3.35. The third kappa shape index (κ3) is 4.24. The summed E-state index contributed by atoms with van der Waals surface area (Å²) in [5.41, 5.74) is 1.01. The fourth-order valence-corrected chi connectivity index (χ4v) is 2.09. The van der Waals surface area contributed by atoms with Crippen LogP contribution in [0, 0.1) is 0 Å². The highest BCUT2D eigenvalue weighted by molar-refractivity contribution is 5.76. The van der Waals surface area contributed by atoms with Crippen LogP contribution in [0.15, 0.2) is 24.3 Å². The number of carbonyl (C=O) groups excluding carboxylic acids is 1. The van der Waals surface area contributed by atoms with Gasteiger partial charge in [0.05, 0.1) is 13.2 Å². The summed E-state index contributed by atoms with van der Waals surface area (Å²) in [6, 6.07) is 8.38. The first-order valence-corrected chi connectivity index (χ1v) is 6.86. The molecule has 0 bridgehead atoms. The highest BCUT2D eigenvalue weighted by Gasteiger charge is 2.20. The maximum absolute atomic E-state index is 11.8. The monoisotopic (exact) mass is 262 g/mol. The van der Waals surface area contributed by atoms with E-state index in [0.717, 1.165) is 17.9 Å². The second kappa shape index (κ2) is 6.57. The van der Waals surface area contributed by atoms with Crippen molar-refractivity contribution in [1.29, 1.82) is 0 Å². The number of hydrogen-bond acceptors (Lipinski definition) is 3. The van der Waals surface area contributed by atoms with Gasteiger partial charge in [0.2, 0.25) is 5.91 Å². The van der Waals surface area contributed by atoms with Crippen LogP contribution in [-0.4, -0.2) is 25.6 Å². The molecule has 1 aromatic rings. The molecule has 1 fully saturated rings. The molecule has 4 heteroatoms. The van der Waals surface area contributed by atoms with Gasteiger partial charge >= 0.3 is 0 Å². The zero-order valence-corrected chi connectivity index (χ0v) is 11.6. The van der Waals surface area contributed by atoms with Crippen LogP contribution in [0.5, 0.6) is 5.75 Å². The topological polar surface area (TPSA) is 50.4 Å². The Morgan fingerprint density at radius 2 is 2.16 bits per heavy atom. The Morgan fingerprint density at radius 1 is 1.42 bits per heavy atom. The number of carbonyl (C=O) groups is 1. The number of ether oxygens (including phenoxy) is 1. The van der Waals surface area contributed by atoms with Crippen LogP contribution in [0.3, 0.4) is 0 Å². The molecule has 1 aliphatic rings. The van der Waals surface area contributed by atoms with Crippen molar-refractivity contribution in [1.82, 2.24) is 10.6 Å². The molecule has 19 heavy (non-hydrogen) atoms. The van der Waals surface area contributed by atoms with Crippen molar-refractivity contribution in [3.8, 4) is 5.75 Å².